The van der Waals surface area contributed by atoms with Crippen molar-refractivity contribution in [2.24, 2.45) is 0 Å². The summed E-state index contributed by atoms with van der Waals surface area (Å²) in [5.41, 5.74) is 0.517. The van der Waals surface area contributed by atoms with Crippen LogP contribution in [0, 0.1) is 0 Å². The van der Waals surface area contributed by atoms with Crippen LogP contribution < -0.4 is 10.1 Å². The van der Waals surface area contributed by atoms with E-state index in [0.29, 0.717) is 11.4 Å². The lowest BCUT2D eigenvalue weighted by atomic mass is 10.2. The summed E-state index contributed by atoms with van der Waals surface area (Å²) in [6.07, 6.45) is -0.475. The van der Waals surface area contributed by atoms with Crippen LogP contribution in [0.25, 0.3) is 0 Å². The number of hydrogen-bond donors (Lipinski definition) is 2. The maximum atomic E-state index is 11.2. The first-order valence-corrected chi connectivity index (χ1v) is 3.97. The Hall–Kier alpha value is -1.71. The molecule has 1 atom stereocenters. The molecule has 0 radical (unpaired) electrons. The first-order valence-electron chi connectivity index (χ1n) is 3.97. The van der Waals surface area contributed by atoms with E-state index in [1.807, 2.05) is 0 Å². The van der Waals surface area contributed by atoms with Gasteiger partial charge < -0.3 is 15.2 Å². The molecule has 1 aliphatic heterocycles. The second-order valence-corrected chi connectivity index (χ2v) is 2.93. The van der Waals surface area contributed by atoms with Crippen molar-refractivity contribution in [3.8, 4) is 11.5 Å². The van der Waals surface area contributed by atoms with Gasteiger partial charge in [-0.15, -0.1) is 0 Å². The number of ether oxygens (including phenoxy) is 1. The molecule has 1 unspecified atom stereocenters. The summed E-state index contributed by atoms with van der Waals surface area (Å²) in [7, 11) is 0. The zero-order chi connectivity index (χ0) is 9.42. The van der Waals surface area contributed by atoms with Gasteiger partial charge in [0, 0.05) is 6.07 Å². The highest BCUT2D eigenvalue weighted by molar-refractivity contribution is 5.97. The molecule has 4 nitrogen and oxygen atoms in total. The quantitative estimate of drug-likeness (QED) is 0.627. The fourth-order valence-electron chi connectivity index (χ4n) is 1.20. The minimum Gasteiger partial charge on any atom is -0.508 e. The number of rotatable bonds is 0. The van der Waals surface area contributed by atoms with Gasteiger partial charge in [0.15, 0.2) is 6.10 Å². The number of benzene rings is 1. The van der Waals surface area contributed by atoms with Gasteiger partial charge in [-0.3, -0.25) is 4.79 Å². The number of phenolic OH excluding ortho intramolecular Hbond substituents is 1. The van der Waals surface area contributed by atoms with Crippen LogP contribution >= 0.6 is 0 Å². The minimum absolute atomic E-state index is 0.109. The van der Waals surface area contributed by atoms with E-state index in [0.717, 1.165) is 0 Å². The Bertz CT molecular complexity index is 362. The van der Waals surface area contributed by atoms with Crippen LogP contribution in [0.5, 0.6) is 11.5 Å². The summed E-state index contributed by atoms with van der Waals surface area (Å²) in [5, 5.41) is 11.8. The summed E-state index contributed by atoms with van der Waals surface area (Å²) in [6, 6.07) is 4.60. The maximum Gasteiger partial charge on any atom is 0.265 e. The van der Waals surface area contributed by atoms with Crippen LogP contribution in [0.4, 0.5) is 5.69 Å². The Labute approximate surface area is 75.1 Å². The van der Waals surface area contributed by atoms with Gasteiger partial charge in [0.2, 0.25) is 0 Å². The van der Waals surface area contributed by atoms with Gasteiger partial charge in [-0.2, -0.15) is 0 Å². The number of amides is 1. The SMILES string of the molecule is CC1Oc2ccc(O)cc2NC1=O. The van der Waals surface area contributed by atoms with E-state index in [4.69, 9.17) is 9.84 Å². The van der Waals surface area contributed by atoms with Gasteiger partial charge in [-0.1, -0.05) is 0 Å². The Kier molecular flexibility index (Phi) is 1.62. The average molecular weight is 179 g/mol. The highest BCUT2D eigenvalue weighted by Crippen LogP contribution is 2.32. The number of carbonyl (C=O) groups excluding carboxylic acids is 1. The number of anilines is 1. The van der Waals surface area contributed by atoms with Crippen molar-refractivity contribution in [2.45, 2.75) is 13.0 Å². The summed E-state index contributed by atoms with van der Waals surface area (Å²) < 4.78 is 5.28. The fourth-order valence-corrected chi connectivity index (χ4v) is 1.20. The van der Waals surface area contributed by atoms with Crippen molar-refractivity contribution in [1.82, 2.24) is 0 Å². The zero-order valence-corrected chi connectivity index (χ0v) is 7.07. The molecule has 0 bridgehead atoms. The van der Waals surface area contributed by atoms with E-state index in [-0.39, 0.29) is 11.7 Å². The highest BCUT2D eigenvalue weighted by atomic mass is 16.5. The number of phenols is 1. The molecule has 13 heavy (non-hydrogen) atoms. The van der Waals surface area contributed by atoms with Crippen molar-refractivity contribution in [1.29, 1.82) is 0 Å². The summed E-state index contributed by atoms with van der Waals surface area (Å²) >= 11 is 0. The molecule has 0 fully saturated rings. The molecule has 1 aliphatic rings. The number of carbonyl (C=O) groups is 1. The Morgan fingerprint density at radius 1 is 1.54 bits per heavy atom. The third-order valence-corrected chi connectivity index (χ3v) is 1.89. The molecule has 1 aromatic rings. The lowest BCUT2D eigenvalue weighted by Gasteiger charge is -2.22. The monoisotopic (exact) mass is 179 g/mol. The zero-order valence-electron chi connectivity index (χ0n) is 7.07. The number of aromatic hydroxyl groups is 1. The van der Waals surface area contributed by atoms with Gasteiger partial charge in [0.05, 0.1) is 5.69 Å². The largest absolute Gasteiger partial charge is 0.508 e. The summed E-state index contributed by atoms with van der Waals surface area (Å²) in [6.45, 7) is 1.67. The highest BCUT2D eigenvalue weighted by Gasteiger charge is 2.23. The van der Waals surface area contributed by atoms with Crippen LogP contribution in [0.3, 0.4) is 0 Å². The smallest absolute Gasteiger partial charge is 0.265 e. The van der Waals surface area contributed by atoms with E-state index >= 15 is 0 Å². The molecule has 1 heterocycles. The maximum absolute atomic E-state index is 11.2. The molecule has 4 heteroatoms. The van der Waals surface area contributed by atoms with Gasteiger partial charge in [-0.25, -0.2) is 0 Å². The van der Waals surface area contributed by atoms with Crippen molar-refractivity contribution < 1.29 is 14.6 Å². The van der Waals surface area contributed by atoms with Crippen LogP contribution in [-0.4, -0.2) is 17.1 Å². The van der Waals surface area contributed by atoms with Crippen molar-refractivity contribution >= 4 is 11.6 Å². The van der Waals surface area contributed by atoms with E-state index in [1.54, 1.807) is 13.0 Å². The van der Waals surface area contributed by atoms with Crippen LogP contribution in [0.2, 0.25) is 0 Å². The van der Waals surface area contributed by atoms with E-state index in [1.165, 1.54) is 12.1 Å². The predicted molar refractivity (Wildman–Crippen MR) is 46.8 cm³/mol. The van der Waals surface area contributed by atoms with Crippen molar-refractivity contribution in [3.05, 3.63) is 18.2 Å². The van der Waals surface area contributed by atoms with Crippen LogP contribution in [-0.2, 0) is 4.79 Å². The predicted octanol–water partition coefficient (Wildman–Crippen LogP) is 1.11. The normalized spacial score (nSPS) is 20.1. The summed E-state index contributed by atoms with van der Waals surface area (Å²) in [4.78, 5) is 11.2. The van der Waals surface area contributed by atoms with Crippen LogP contribution in [0.15, 0.2) is 18.2 Å². The molecule has 68 valence electrons. The molecule has 1 amide bonds. The third-order valence-electron chi connectivity index (χ3n) is 1.89. The Morgan fingerprint density at radius 2 is 2.31 bits per heavy atom. The minimum atomic E-state index is -0.475. The Morgan fingerprint density at radius 3 is 3.08 bits per heavy atom. The lowest BCUT2D eigenvalue weighted by molar-refractivity contribution is -0.122. The molecule has 0 aromatic heterocycles. The van der Waals surface area contributed by atoms with Gasteiger partial charge in [-0.05, 0) is 19.1 Å². The van der Waals surface area contributed by atoms with E-state index in [2.05, 4.69) is 5.32 Å². The lowest BCUT2D eigenvalue weighted by Crippen LogP contribution is -2.34. The van der Waals surface area contributed by atoms with Gasteiger partial charge >= 0.3 is 0 Å². The topological polar surface area (TPSA) is 58.6 Å². The Balaban J connectivity index is 2.42. The first kappa shape index (κ1) is 7.91. The first-order chi connectivity index (χ1) is 6.16. The molecule has 2 rings (SSSR count). The molecule has 0 saturated heterocycles. The second kappa shape index (κ2) is 2.65. The second-order valence-electron chi connectivity index (χ2n) is 2.93. The third kappa shape index (κ3) is 1.30. The summed E-state index contributed by atoms with van der Waals surface area (Å²) in [5.74, 6) is 0.500. The fraction of sp³-hybridized carbons (Fsp3) is 0.222. The van der Waals surface area contributed by atoms with Gasteiger partial charge in [0.25, 0.3) is 5.91 Å². The molecule has 0 aliphatic carbocycles. The molecular formula is C9H9NO3. The van der Waals surface area contributed by atoms with Crippen molar-refractivity contribution in [2.75, 3.05) is 5.32 Å². The molecule has 1 aromatic carbocycles. The average Bonchev–Trinajstić information content (AvgIpc) is 2.08. The number of nitrogens with one attached hydrogen (secondary N) is 1. The number of fused-ring (bicyclic) bond motifs is 1. The van der Waals surface area contributed by atoms with Crippen molar-refractivity contribution in [3.63, 3.8) is 0 Å². The van der Waals surface area contributed by atoms with Gasteiger partial charge in [0.1, 0.15) is 11.5 Å². The molecule has 0 spiro atoms. The molecular weight excluding hydrogens is 170 g/mol. The van der Waals surface area contributed by atoms with E-state index in [9.17, 15) is 4.79 Å². The molecule has 0 saturated carbocycles. The van der Waals surface area contributed by atoms with E-state index < -0.39 is 6.10 Å². The standard InChI is InChI=1S/C9H9NO3/c1-5-9(12)10-7-4-6(11)2-3-8(7)13-5/h2-5,11H,1H3,(H,10,12). The van der Waals surface area contributed by atoms with Crippen LogP contribution in [0.1, 0.15) is 6.92 Å². The number of hydrogen-bond acceptors (Lipinski definition) is 3. The molecule has 2 N–H and O–H groups in total.